The highest BCUT2D eigenvalue weighted by molar-refractivity contribution is 7.54. The van der Waals surface area contributed by atoms with Crippen LogP contribution in [0, 0.1) is 0 Å². The molecule has 0 spiro atoms. The molecule has 0 radical (unpaired) electrons. The Hall–Kier alpha value is -2.56. The maximum Gasteiger partial charge on any atom is 0.337 e. The maximum absolute atomic E-state index is 13.0. The molecule has 5 nitrogen and oxygen atoms in total. The molecule has 31 heavy (non-hydrogen) atoms. The van der Waals surface area contributed by atoms with Gasteiger partial charge in [0, 0.05) is 14.2 Å². The van der Waals surface area contributed by atoms with Gasteiger partial charge in [-0.05, 0) is 23.6 Å². The summed E-state index contributed by atoms with van der Waals surface area (Å²) < 4.78 is 29.0. The first-order chi connectivity index (χ1) is 14.9. The van der Waals surface area contributed by atoms with Crippen molar-refractivity contribution in [1.29, 1.82) is 0 Å². The van der Waals surface area contributed by atoms with Gasteiger partial charge < -0.3 is 13.8 Å². The number of benzene rings is 3. The minimum absolute atomic E-state index is 0.362. The molecule has 3 aromatic rings. The highest BCUT2D eigenvalue weighted by Gasteiger charge is 2.41. The van der Waals surface area contributed by atoms with Crippen LogP contribution in [0.2, 0.25) is 0 Å². The smallest absolute Gasteiger partial charge is 0.337 e. The van der Waals surface area contributed by atoms with E-state index in [0.717, 1.165) is 16.7 Å². The Morgan fingerprint density at radius 1 is 0.774 bits per heavy atom. The quantitative estimate of drug-likeness (QED) is 0.312. The summed E-state index contributed by atoms with van der Waals surface area (Å²) in [5.41, 5.74) is 1.61. The molecule has 6 heteroatoms. The summed E-state index contributed by atoms with van der Waals surface area (Å²) >= 11 is 0. The van der Waals surface area contributed by atoms with E-state index in [1.165, 1.54) is 14.2 Å². The summed E-state index contributed by atoms with van der Waals surface area (Å²) in [5, 5.41) is 0. The van der Waals surface area contributed by atoms with Crippen molar-refractivity contribution in [3.63, 3.8) is 0 Å². The summed E-state index contributed by atoms with van der Waals surface area (Å²) in [7, 11) is -0.964. The third-order valence-corrected chi connectivity index (χ3v) is 7.07. The zero-order valence-electron chi connectivity index (χ0n) is 17.9. The van der Waals surface area contributed by atoms with E-state index in [4.69, 9.17) is 13.8 Å². The Labute approximate surface area is 183 Å². The Kier molecular flexibility index (Phi) is 7.58. The predicted octanol–water partition coefficient (Wildman–Crippen LogP) is 5.44. The van der Waals surface area contributed by atoms with Crippen LogP contribution in [0.15, 0.2) is 91.0 Å². The van der Waals surface area contributed by atoms with Gasteiger partial charge in [0.05, 0.1) is 0 Å². The van der Waals surface area contributed by atoms with Crippen molar-refractivity contribution in [3.05, 3.63) is 108 Å². The third-order valence-electron chi connectivity index (χ3n) is 5.25. The van der Waals surface area contributed by atoms with Crippen molar-refractivity contribution in [2.75, 3.05) is 20.4 Å². The Balaban J connectivity index is 2.12. The van der Waals surface area contributed by atoms with Crippen molar-refractivity contribution < 1.29 is 23.1 Å². The van der Waals surface area contributed by atoms with Crippen LogP contribution in [-0.2, 0) is 28.7 Å². The van der Waals surface area contributed by atoms with Gasteiger partial charge in [-0.3, -0.25) is 9.36 Å². The third kappa shape index (κ3) is 5.03. The average Bonchev–Trinajstić information content (AvgIpc) is 2.84. The number of Topliss-reactive ketones (excluding diaryl/α,β-unsaturated/α-hetero) is 1. The van der Waals surface area contributed by atoms with E-state index in [1.807, 2.05) is 91.0 Å². The number of hydrogen-bond donors (Lipinski definition) is 0. The van der Waals surface area contributed by atoms with E-state index in [-0.39, 0.29) is 11.9 Å². The second-order valence-corrected chi connectivity index (χ2v) is 9.41. The summed E-state index contributed by atoms with van der Waals surface area (Å²) in [6.07, 6.45) is -1.24. The molecule has 0 aromatic heterocycles. The van der Waals surface area contributed by atoms with Gasteiger partial charge in [0.1, 0.15) is 17.9 Å². The minimum atomic E-state index is -3.50. The Morgan fingerprint density at radius 3 is 1.45 bits per heavy atom. The van der Waals surface area contributed by atoms with Crippen LogP contribution >= 0.6 is 7.60 Å². The van der Waals surface area contributed by atoms with Gasteiger partial charge >= 0.3 is 7.60 Å². The van der Waals surface area contributed by atoms with Crippen molar-refractivity contribution in [3.8, 4) is 0 Å². The van der Waals surface area contributed by atoms with Gasteiger partial charge in [-0.2, -0.15) is 0 Å². The fourth-order valence-corrected chi connectivity index (χ4v) is 4.62. The van der Waals surface area contributed by atoms with E-state index in [2.05, 4.69) is 0 Å². The maximum atomic E-state index is 13.0. The molecule has 0 aliphatic heterocycles. The molecular weight excluding hydrogens is 411 g/mol. The molecule has 0 heterocycles. The fraction of sp³-hybridized carbons (Fsp3) is 0.240. The van der Waals surface area contributed by atoms with Crippen molar-refractivity contribution >= 4 is 13.4 Å². The summed E-state index contributed by atoms with van der Waals surface area (Å²) in [6, 6.07) is 29.3. The molecule has 0 saturated heterocycles. The SMILES string of the molecule is COP(=O)(CC(=O)C(C)OC(c1ccccc1)(c1ccccc1)c1ccccc1)OC. The lowest BCUT2D eigenvalue weighted by molar-refractivity contribution is -0.134. The number of ether oxygens (including phenoxy) is 1. The molecule has 0 fully saturated rings. The second-order valence-electron chi connectivity index (χ2n) is 7.14. The lowest BCUT2D eigenvalue weighted by Gasteiger charge is -2.38. The number of carbonyl (C=O) groups is 1. The molecule has 0 bridgehead atoms. The van der Waals surface area contributed by atoms with Gasteiger partial charge in [-0.15, -0.1) is 0 Å². The molecular formula is C25H27O5P. The van der Waals surface area contributed by atoms with E-state index in [9.17, 15) is 9.36 Å². The fourth-order valence-electron chi connectivity index (χ4n) is 3.58. The summed E-state index contributed by atoms with van der Waals surface area (Å²) in [4.78, 5) is 13.0. The van der Waals surface area contributed by atoms with Crippen LogP contribution in [0.25, 0.3) is 0 Å². The van der Waals surface area contributed by atoms with Gasteiger partial charge in [0.15, 0.2) is 5.78 Å². The topological polar surface area (TPSA) is 61.8 Å². The van der Waals surface area contributed by atoms with Crippen molar-refractivity contribution in [2.45, 2.75) is 18.6 Å². The molecule has 3 aromatic carbocycles. The van der Waals surface area contributed by atoms with Gasteiger partial charge in [0.2, 0.25) is 0 Å². The zero-order chi connectivity index (χ0) is 22.3. The number of hydrogen-bond acceptors (Lipinski definition) is 5. The van der Waals surface area contributed by atoms with Crippen LogP contribution in [0.1, 0.15) is 23.6 Å². The largest absolute Gasteiger partial charge is 0.350 e. The number of ketones is 1. The van der Waals surface area contributed by atoms with E-state index < -0.39 is 19.3 Å². The van der Waals surface area contributed by atoms with Gasteiger partial charge in [0.25, 0.3) is 0 Å². The van der Waals surface area contributed by atoms with Gasteiger partial charge in [-0.1, -0.05) is 91.0 Å². The normalized spacial score (nSPS) is 13.0. The van der Waals surface area contributed by atoms with Gasteiger partial charge in [-0.25, -0.2) is 0 Å². The van der Waals surface area contributed by atoms with Crippen molar-refractivity contribution in [1.82, 2.24) is 0 Å². The first-order valence-electron chi connectivity index (χ1n) is 10.0. The Morgan fingerprint density at radius 2 is 1.13 bits per heavy atom. The van der Waals surface area contributed by atoms with E-state index >= 15 is 0 Å². The van der Waals surface area contributed by atoms with E-state index in [0.29, 0.717) is 0 Å². The van der Waals surface area contributed by atoms with Crippen LogP contribution < -0.4 is 0 Å². The highest BCUT2D eigenvalue weighted by atomic mass is 31.2. The summed E-state index contributed by atoms with van der Waals surface area (Å²) in [6.45, 7) is 1.67. The second kappa shape index (κ2) is 10.2. The first-order valence-corrected chi connectivity index (χ1v) is 11.8. The molecule has 3 rings (SSSR count). The lowest BCUT2D eigenvalue weighted by atomic mass is 9.80. The molecule has 1 unspecified atom stereocenters. The minimum Gasteiger partial charge on any atom is -0.350 e. The highest BCUT2D eigenvalue weighted by Crippen LogP contribution is 2.47. The molecule has 162 valence electrons. The summed E-state index contributed by atoms with van der Waals surface area (Å²) in [5.74, 6) is -0.362. The molecule has 0 aliphatic rings. The number of carbonyl (C=O) groups excluding carboxylic acids is 1. The average molecular weight is 438 g/mol. The van der Waals surface area contributed by atoms with E-state index in [1.54, 1.807) is 6.92 Å². The molecule has 0 amide bonds. The lowest BCUT2D eigenvalue weighted by Crippen LogP contribution is -2.39. The zero-order valence-corrected chi connectivity index (χ0v) is 18.8. The first kappa shape index (κ1) is 23.1. The standard InChI is InChI=1S/C25H27O5P/c1-20(24(26)19-31(27,28-2)29-3)30-25(21-13-7-4-8-14-21,22-15-9-5-10-16-22)23-17-11-6-12-18-23/h4-18,20H,19H2,1-3H3. The number of rotatable bonds is 10. The molecule has 0 aliphatic carbocycles. The molecule has 0 saturated carbocycles. The van der Waals surface area contributed by atoms with Crippen LogP contribution in [0.4, 0.5) is 0 Å². The van der Waals surface area contributed by atoms with Crippen LogP contribution in [0.5, 0.6) is 0 Å². The monoisotopic (exact) mass is 438 g/mol. The van der Waals surface area contributed by atoms with Crippen molar-refractivity contribution in [2.24, 2.45) is 0 Å². The molecule has 0 N–H and O–H groups in total. The predicted molar refractivity (Wildman–Crippen MR) is 121 cm³/mol. The van der Waals surface area contributed by atoms with Crippen LogP contribution in [-0.4, -0.2) is 32.3 Å². The van der Waals surface area contributed by atoms with Crippen LogP contribution in [0.3, 0.4) is 0 Å². The Bertz CT molecular complexity index is 917. The molecule has 1 atom stereocenters.